The van der Waals surface area contributed by atoms with Crippen LogP contribution in [0.3, 0.4) is 0 Å². The summed E-state index contributed by atoms with van der Waals surface area (Å²) in [6.07, 6.45) is 2.97. The Kier molecular flexibility index (Phi) is 8.51. The van der Waals surface area contributed by atoms with Gasteiger partial charge in [0.15, 0.2) is 11.5 Å². The molecule has 7 heteroatoms. The zero-order valence-electron chi connectivity index (χ0n) is 20.2. The van der Waals surface area contributed by atoms with Crippen LogP contribution in [0.4, 0.5) is 0 Å². The van der Waals surface area contributed by atoms with Gasteiger partial charge in [-0.2, -0.15) is 5.26 Å². The third kappa shape index (κ3) is 4.88. The van der Waals surface area contributed by atoms with Crippen molar-refractivity contribution >= 4 is 33.3 Å². The summed E-state index contributed by atoms with van der Waals surface area (Å²) >= 11 is 3.56. The Hall–Kier alpha value is -3.11. The minimum atomic E-state index is -0.764. The van der Waals surface area contributed by atoms with Gasteiger partial charge in [-0.25, -0.2) is 0 Å². The summed E-state index contributed by atoms with van der Waals surface area (Å²) in [6, 6.07) is 14.0. The number of allylic oxidation sites excluding steroid dienone is 1. The summed E-state index contributed by atoms with van der Waals surface area (Å²) in [5.74, 6) is 0.506. The van der Waals surface area contributed by atoms with Crippen LogP contribution < -0.4 is 9.47 Å². The number of methoxy groups -OCH3 is 2. The van der Waals surface area contributed by atoms with Crippen molar-refractivity contribution in [3.05, 3.63) is 63.1 Å². The Morgan fingerprint density at radius 3 is 2.59 bits per heavy atom. The average molecular weight is 524 g/mol. The highest BCUT2D eigenvalue weighted by Gasteiger charge is 2.38. The molecule has 1 aliphatic heterocycles. The molecule has 0 fully saturated rings. The molecule has 1 N–H and O–H groups in total. The van der Waals surface area contributed by atoms with Crippen LogP contribution in [0, 0.1) is 22.7 Å². The van der Waals surface area contributed by atoms with E-state index in [9.17, 15) is 5.26 Å². The van der Waals surface area contributed by atoms with Gasteiger partial charge >= 0.3 is 0 Å². The minimum Gasteiger partial charge on any atom is -0.493 e. The summed E-state index contributed by atoms with van der Waals surface area (Å²) in [7, 11) is 4.96. The van der Waals surface area contributed by atoms with Gasteiger partial charge in [-0.15, -0.1) is 0 Å². The molecule has 0 amide bonds. The molecule has 178 valence electrons. The third-order valence-corrected chi connectivity index (χ3v) is 6.72. The maximum Gasteiger partial charge on any atom is 0.205 e. The molecule has 2 unspecified atom stereocenters. The van der Waals surface area contributed by atoms with E-state index in [1.807, 2.05) is 50.4 Å². The van der Waals surface area contributed by atoms with E-state index < -0.39 is 5.92 Å². The topological polar surface area (TPSA) is 87.7 Å². The average Bonchev–Trinajstić information content (AvgIpc) is 2.85. The number of nitriles is 1. The molecule has 0 aromatic heterocycles. The van der Waals surface area contributed by atoms with Crippen molar-refractivity contribution in [1.82, 2.24) is 0 Å². The molecule has 0 spiro atoms. The van der Waals surface area contributed by atoms with Crippen LogP contribution in [0.1, 0.15) is 55.7 Å². The van der Waals surface area contributed by atoms with Gasteiger partial charge in [-0.05, 0) is 59.0 Å². The summed E-state index contributed by atoms with van der Waals surface area (Å²) in [6.45, 7) is 4.12. The van der Waals surface area contributed by atoms with Crippen molar-refractivity contribution in [2.24, 2.45) is 10.9 Å². The Balaban J connectivity index is 2.22. The maximum atomic E-state index is 9.96. The lowest BCUT2D eigenvalue weighted by molar-refractivity contribution is 0.352. The Labute approximate surface area is 209 Å². The second-order valence-corrected chi connectivity index (χ2v) is 8.97. The fourth-order valence-electron chi connectivity index (χ4n) is 4.40. The maximum absolute atomic E-state index is 9.96. The lowest BCUT2D eigenvalue weighted by Crippen LogP contribution is -2.29. The standard InChI is InChI=1S/C27H30BrN3O3/c1-6-7-12-22(31-3)18-10-8-9-11-19(18)25-16(2)24(20(15-29)27(30)34-25)17-13-21(28)26(33-5)23(14-17)32-4/h8-11,13-14,20,24,30H,6-7,12H2,1-5H3. The molecule has 0 bridgehead atoms. The van der Waals surface area contributed by atoms with Gasteiger partial charge in [0.25, 0.3) is 0 Å². The van der Waals surface area contributed by atoms with Crippen LogP contribution in [0.15, 0.2) is 51.4 Å². The van der Waals surface area contributed by atoms with Crippen molar-refractivity contribution < 1.29 is 14.2 Å². The first-order valence-electron chi connectivity index (χ1n) is 11.2. The molecule has 2 aromatic carbocycles. The zero-order valence-corrected chi connectivity index (χ0v) is 21.8. The lowest BCUT2D eigenvalue weighted by Gasteiger charge is -2.32. The summed E-state index contributed by atoms with van der Waals surface area (Å²) < 4.78 is 17.7. The minimum absolute atomic E-state index is 0.0719. The third-order valence-electron chi connectivity index (χ3n) is 6.13. The van der Waals surface area contributed by atoms with E-state index >= 15 is 0 Å². The molecule has 0 saturated heterocycles. The Bertz CT molecular complexity index is 1180. The number of benzene rings is 2. The van der Waals surface area contributed by atoms with E-state index in [1.54, 1.807) is 14.2 Å². The van der Waals surface area contributed by atoms with Crippen molar-refractivity contribution in [2.75, 3.05) is 21.3 Å². The molecule has 0 saturated carbocycles. The van der Waals surface area contributed by atoms with Gasteiger partial charge < -0.3 is 14.2 Å². The zero-order chi connectivity index (χ0) is 24.8. The second kappa shape index (κ2) is 11.3. The largest absolute Gasteiger partial charge is 0.493 e. The molecule has 3 rings (SSSR count). The van der Waals surface area contributed by atoms with E-state index in [1.165, 1.54) is 0 Å². The van der Waals surface area contributed by atoms with Gasteiger partial charge in [0.1, 0.15) is 11.7 Å². The van der Waals surface area contributed by atoms with Crippen LogP contribution in [-0.4, -0.2) is 32.9 Å². The monoisotopic (exact) mass is 523 g/mol. The smallest absolute Gasteiger partial charge is 0.205 e. The van der Waals surface area contributed by atoms with E-state index in [0.29, 0.717) is 21.7 Å². The van der Waals surface area contributed by atoms with Gasteiger partial charge in [-0.1, -0.05) is 37.6 Å². The number of halogens is 1. The number of rotatable bonds is 8. The van der Waals surface area contributed by atoms with Crippen LogP contribution in [-0.2, 0) is 4.74 Å². The molecule has 6 nitrogen and oxygen atoms in total. The lowest BCUT2D eigenvalue weighted by atomic mass is 9.78. The van der Waals surface area contributed by atoms with E-state index in [-0.39, 0.29) is 11.8 Å². The first kappa shape index (κ1) is 25.5. The summed E-state index contributed by atoms with van der Waals surface area (Å²) in [4.78, 5) is 4.55. The number of nitrogens with zero attached hydrogens (tertiary/aromatic N) is 2. The molecule has 1 heterocycles. The van der Waals surface area contributed by atoms with Crippen LogP contribution in [0.2, 0.25) is 0 Å². The van der Waals surface area contributed by atoms with Gasteiger partial charge in [0.2, 0.25) is 5.90 Å². The molecular formula is C27H30BrN3O3. The predicted molar refractivity (Wildman–Crippen MR) is 139 cm³/mol. The fourth-order valence-corrected chi connectivity index (χ4v) is 5.02. The van der Waals surface area contributed by atoms with Crippen molar-refractivity contribution in [1.29, 1.82) is 10.7 Å². The van der Waals surface area contributed by atoms with Crippen LogP contribution in [0.5, 0.6) is 11.5 Å². The predicted octanol–water partition coefficient (Wildman–Crippen LogP) is 6.74. The fraction of sp³-hybridized carbons (Fsp3) is 0.370. The number of unbranched alkanes of at least 4 members (excludes halogenated alkanes) is 1. The van der Waals surface area contributed by atoms with Crippen molar-refractivity contribution in [2.45, 2.75) is 39.0 Å². The Morgan fingerprint density at radius 2 is 1.97 bits per heavy atom. The molecule has 0 radical (unpaired) electrons. The molecule has 1 aliphatic rings. The number of aliphatic imine (C=N–C) groups is 1. The first-order valence-corrected chi connectivity index (χ1v) is 12.0. The van der Waals surface area contributed by atoms with Crippen molar-refractivity contribution in [3.8, 4) is 17.6 Å². The van der Waals surface area contributed by atoms with Gasteiger partial charge in [0.05, 0.1) is 24.8 Å². The summed E-state index contributed by atoms with van der Waals surface area (Å²) in [5, 5.41) is 18.5. The van der Waals surface area contributed by atoms with E-state index in [2.05, 4.69) is 33.9 Å². The number of nitrogens with one attached hydrogen (secondary N) is 1. The quantitative estimate of drug-likeness (QED) is 0.388. The summed E-state index contributed by atoms with van der Waals surface area (Å²) in [5.41, 5.74) is 4.58. The number of hydrogen-bond donors (Lipinski definition) is 1. The van der Waals surface area contributed by atoms with Crippen molar-refractivity contribution in [3.63, 3.8) is 0 Å². The van der Waals surface area contributed by atoms with E-state index in [0.717, 1.165) is 47.2 Å². The van der Waals surface area contributed by atoms with E-state index in [4.69, 9.17) is 19.6 Å². The first-order chi connectivity index (χ1) is 16.4. The van der Waals surface area contributed by atoms with Gasteiger partial charge in [-0.3, -0.25) is 10.4 Å². The van der Waals surface area contributed by atoms with Crippen LogP contribution in [0.25, 0.3) is 5.76 Å². The highest BCUT2D eigenvalue weighted by molar-refractivity contribution is 9.10. The second-order valence-electron chi connectivity index (χ2n) is 8.12. The number of hydrogen-bond acceptors (Lipinski definition) is 6. The highest BCUT2D eigenvalue weighted by atomic mass is 79.9. The van der Waals surface area contributed by atoms with Gasteiger partial charge in [0, 0.05) is 29.8 Å². The molecule has 2 atom stereocenters. The molecular weight excluding hydrogens is 494 g/mol. The normalized spacial score (nSPS) is 18.4. The van der Waals surface area contributed by atoms with Crippen LogP contribution >= 0.6 is 15.9 Å². The molecule has 34 heavy (non-hydrogen) atoms. The molecule has 0 aliphatic carbocycles. The molecule has 2 aromatic rings. The highest BCUT2D eigenvalue weighted by Crippen LogP contribution is 2.46. The Morgan fingerprint density at radius 1 is 1.24 bits per heavy atom. The number of ether oxygens (including phenoxy) is 3. The SMILES string of the molecule is CCCCC(=NC)c1ccccc1C1=C(C)C(c2cc(Br)c(OC)c(OC)c2)C(C#N)C(=N)O1.